The zero-order chi connectivity index (χ0) is 13.1. The average molecular weight is 268 g/mol. The van der Waals surface area contributed by atoms with Gasteiger partial charge in [-0.3, -0.25) is 9.80 Å². The minimum Gasteiger partial charge on any atom is -0.330 e. The van der Waals surface area contributed by atoms with Crippen LogP contribution in [0, 0.1) is 0 Å². The summed E-state index contributed by atoms with van der Waals surface area (Å²) in [6.07, 6.45) is 0.903. The SMILES string of the molecule is CC1CN(Cc2csc(CCN)n2)CC(C)N1C. The molecule has 0 amide bonds. The summed E-state index contributed by atoms with van der Waals surface area (Å²) in [5, 5.41) is 3.35. The van der Waals surface area contributed by atoms with Gasteiger partial charge in [-0.05, 0) is 27.4 Å². The van der Waals surface area contributed by atoms with Crippen molar-refractivity contribution in [2.75, 3.05) is 26.7 Å². The summed E-state index contributed by atoms with van der Waals surface area (Å²) in [5.41, 5.74) is 6.76. The first kappa shape index (κ1) is 13.9. The van der Waals surface area contributed by atoms with Crippen molar-refractivity contribution in [3.63, 3.8) is 0 Å². The van der Waals surface area contributed by atoms with Gasteiger partial charge in [-0.25, -0.2) is 4.98 Å². The third-order valence-corrected chi connectivity index (χ3v) is 4.74. The van der Waals surface area contributed by atoms with Gasteiger partial charge in [0, 0.05) is 43.5 Å². The molecule has 1 aliphatic rings. The Kier molecular flexibility index (Phi) is 4.72. The molecular weight excluding hydrogens is 244 g/mol. The number of likely N-dealkylation sites (N-methyl/N-ethyl adjacent to an activating group) is 1. The third-order valence-electron chi connectivity index (χ3n) is 3.78. The zero-order valence-electron chi connectivity index (χ0n) is 11.6. The van der Waals surface area contributed by atoms with Crippen LogP contribution in [0.4, 0.5) is 0 Å². The van der Waals surface area contributed by atoms with Crippen LogP contribution in [0.2, 0.25) is 0 Å². The molecule has 5 heteroatoms. The fourth-order valence-electron chi connectivity index (χ4n) is 2.53. The molecule has 1 saturated heterocycles. The minimum atomic E-state index is 0.621. The molecule has 0 aliphatic carbocycles. The highest BCUT2D eigenvalue weighted by Gasteiger charge is 2.26. The van der Waals surface area contributed by atoms with E-state index in [1.165, 1.54) is 10.7 Å². The second kappa shape index (κ2) is 6.10. The lowest BCUT2D eigenvalue weighted by Crippen LogP contribution is -2.54. The molecular formula is C13H24N4S. The van der Waals surface area contributed by atoms with E-state index >= 15 is 0 Å². The molecule has 1 aliphatic heterocycles. The Balaban J connectivity index is 1.92. The van der Waals surface area contributed by atoms with Crippen LogP contribution in [0.5, 0.6) is 0 Å². The quantitative estimate of drug-likeness (QED) is 0.890. The smallest absolute Gasteiger partial charge is 0.0941 e. The van der Waals surface area contributed by atoms with Gasteiger partial charge in [0.1, 0.15) is 0 Å². The number of rotatable bonds is 4. The Morgan fingerprint density at radius 1 is 1.39 bits per heavy atom. The summed E-state index contributed by atoms with van der Waals surface area (Å²) in [6.45, 7) is 8.52. The van der Waals surface area contributed by atoms with Gasteiger partial charge in [-0.2, -0.15) is 0 Å². The van der Waals surface area contributed by atoms with E-state index in [4.69, 9.17) is 5.73 Å². The summed E-state index contributed by atoms with van der Waals surface area (Å²) < 4.78 is 0. The van der Waals surface area contributed by atoms with Gasteiger partial charge in [0.05, 0.1) is 10.7 Å². The Labute approximate surface area is 114 Å². The Hall–Kier alpha value is -0.490. The molecule has 2 atom stereocenters. The molecule has 1 fully saturated rings. The van der Waals surface area contributed by atoms with Crippen LogP contribution >= 0.6 is 11.3 Å². The lowest BCUT2D eigenvalue weighted by Gasteiger charge is -2.42. The van der Waals surface area contributed by atoms with E-state index < -0.39 is 0 Å². The third kappa shape index (κ3) is 3.29. The van der Waals surface area contributed by atoms with Crippen molar-refractivity contribution in [2.24, 2.45) is 5.73 Å². The molecule has 1 aromatic heterocycles. The highest BCUT2D eigenvalue weighted by molar-refractivity contribution is 7.09. The number of hydrogen-bond acceptors (Lipinski definition) is 5. The first-order valence-electron chi connectivity index (χ1n) is 6.67. The van der Waals surface area contributed by atoms with E-state index in [9.17, 15) is 0 Å². The van der Waals surface area contributed by atoms with Crippen LogP contribution in [0.3, 0.4) is 0 Å². The Morgan fingerprint density at radius 2 is 2.06 bits per heavy atom. The lowest BCUT2D eigenvalue weighted by atomic mass is 10.1. The van der Waals surface area contributed by atoms with Crippen molar-refractivity contribution in [2.45, 2.75) is 38.9 Å². The summed E-state index contributed by atoms with van der Waals surface area (Å²) in [7, 11) is 2.22. The summed E-state index contributed by atoms with van der Waals surface area (Å²) in [6, 6.07) is 1.24. The monoisotopic (exact) mass is 268 g/mol. The van der Waals surface area contributed by atoms with Crippen molar-refractivity contribution in [3.8, 4) is 0 Å². The molecule has 18 heavy (non-hydrogen) atoms. The number of aromatic nitrogens is 1. The topological polar surface area (TPSA) is 45.4 Å². The van der Waals surface area contributed by atoms with Crippen LogP contribution in [0.1, 0.15) is 24.5 Å². The molecule has 0 saturated carbocycles. The van der Waals surface area contributed by atoms with Crippen molar-refractivity contribution in [1.29, 1.82) is 0 Å². The van der Waals surface area contributed by atoms with E-state index in [1.54, 1.807) is 11.3 Å². The Morgan fingerprint density at radius 3 is 2.67 bits per heavy atom. The second-order valence-corrected chi connectivity index (χ2v) is 6.27. The van der Waals surface area contributed by atoms with Gasteiger partial charge in [-0.1, -0.05) is 0 Å². The second-order valence-electron chi connectivity index (χ2n) is 5.33. The van der Waals surface area contributed by atoms with Gasteiger partial charge >= 0.3 is 0 Å². The van der Waals surface area contributed by atoms with Gasteiger partial charge < -0.3 is 5.73 Å². The number of thiazole rings is 1. The van der Waals surface area contributed by atoms with E-state index in [0.717, 1.165) is 26.1 Å². The summed E-state index contributed by atoms with van der Waals surface area (Å²) >= 11 is 1.74. The van der Waals surface area contributed by atoms with E-state index in [1.807, 2.05) is 0 Å². The summed E-state index contributed by atoms with van der Waals surface area (Å²) in [5.74, 6) is 0. The molecule has 2 rings (SSSR count). The maximum Gasteiger partial charge on any atom is 0.0941 e. The predicted octanol–water partition coefficient (Wildman–Crippen LogP) is 1.17. The average Bonchev–Trinajstić information content (AvgIpc) is 2.74. The highest BCUT2D eigenvalue weighted by atomic mass is 32.1. The van der Waals surface area contributed by atoms with Gasteiger partial charge in [0.15, 0.2) is 0 Å². The van der Waals surface area contributed by atoms with E-state index in [2.05, 4.69) is 41.1 Å². The summed E-state index contributed by atoms with van der Waals surface area (Å²) in [4.78, 5) is 9.61. The molecule has 0 spiro atoms. The Bertz CT molecular complexity index is 367. The maximum atomic E-state index is 5.56. The first-order chi connectivity index (χ1) is 8.60. The standard InChI is InChI=1S/C13H24N4S/c1-10-6-17(7-11(2)16(10)3)8-12-9-18-13(15-12)4-5-14/h9-11H,4-8,14H2,1-3H3. The molecule has 0 bridgehead atoms. The van der Waals surface area contributed by atoms with Crippen molar-refractivity contribution in [3.05, 3.63) is 16.1 Å². The van der Waals surface area contributed by atoms with Crippen LogP contribution in [-0.4, -0.2) is 53.5 Å². The van der Waals surface area contributed by atoms with Gasteiger partial charge in [0.2, 0.25) is 0 Å². The van der Waals surface area contributed by atoms with Crippen LogP contribution in [0.25, 0.3) is 0 Å². The molecule has 2 N–H and O–H groups in total. The number of nitrogens with two attached hydrogens (primary N) is 1. The molecule has 102 valence electrons. The van der Waals surface area contributed by atoms with Crippen LogP contribution in [0.15, 0.2) is 5.38 Å². The molecule has 0 radical (unpaired) electrons. The molecule has 0 aromatic carbocycles. The van der Waals surface area contributed by atoms with Crippen LogP contribution in [-0.2, 0) is 13.0 Å². The molecule has 4 nitrogen and oxygen atoms in total. The lowest BCUT2D eigenvalue weighted by molar-refractivity contribution is 0.0550. The van der Waals surface area contributed by atoms with Crippen molar-refractivity contribution >= 4 is 11.3 Å². The largest absolute Gasteiger partial charge is 0.330 e. The van der Waals surface area contributed by atoms with E-state index in [0.29, 0.717) is 18.6 Å². The normalized spacial score (nSPS) is 26.7. The zero-order valence-corrected chi connectivity index (χ0v) is 12.4. The fraction of sp³-hybridized carbons (Fsp3) is 0.769. The fourth-order valence-corrected chi connectivity index (χ4v) is 3.34. The highest BCUT2D eigenvalue weighted by Crippen LogP contribution is 2.17. The number of hydrogen-bond donors (Lipinski definition) is 1. The number of nitrogens with zero attached hydrogens (tertiary/aromatic N) is 3. The van der Waals surface area contributed by atoms with Gasteiger partial charge in [0.25, 0.3) is 0 Å². The van der Waals surface area contributed by atoms with Crippen LogP contribution < -0.4 is 5.73 Å². The van der Waals surface area contributed by atoms with Crippen molar-refractivity contribution in [1.82, 2.24) is 14.8 Å². The maximum absolute atomic E-state index is 5.56. The van der Waals surface area contributed by atoms with Crippen molar-refractivity contribution < 1.29 is 0 Å². The van der Waals surface area contributed by atoms with Gasteiger partial charge in [-0.15, -0.1) is 11.3 Å². The minimum absolute atomic E-state index is 0.621. The molecule has 1 aromatic rings. The predicted molar refractivity (Wildman–Crippen MR) is 76.8 cm³/mol. The first-order valence-corrected chi connectivity index (χ1v) is 7.55. The molecule has 2 heterocycles. The van der Waals surface area contributed by atoms with E-state index in [-0.39, 0.29) is 0 Å². The molecule has 2 unspecified atom stereocenters. The number of piperazine rings is 1.